The lowest BCUT2D eigenvalue weighted by Crippen LogP contribution is -2.25. The van der Waals surface area contributed by atoms with E-state index >= 15 is 0 Å². The molecule has 5 nitrogen and oxygen atoms in total. The van der Waals surface area contributed by atoms with Crippen LogP contribution in [0.25, 0.3) is 10.8 Å². The number of methoxy groups -OCH3 is 1. The zero-order valence-corrected chi connectivity index (χ0v) is 13.1. The monoisotopic (exact) mass is 345 g/mol. The molecule has 0 radical (unpaired) electrons. The first-order valence-electron chi connectivity index (χ1n) is 7.32. The number of carbonyl (C=O) groups excluding carboxylic acids is 1. The van der Waals surface area contributed by atoms with Crippen LogP contribution in [0.3, 0.4) is 0 Å². The van der Waals surface area contributed by atoms with Gasteiger partial charge < -0.3 is 14.5 Å². The van der Waals surface area contributed by atoms with Gasteiger partial charge in [0.2, 0.25) is 0 Å². The number of halogens is 2. The Balaban J connectivity index is 1.88. The third-order valence-corrected chi connectivity index (χ3v) is 3.68. The molecule has 1 aromatic heterocycles. The zero-order valence-electron chi connectivity index (χ0n) is 13.1. The molecule has 0 bridgehead atoms. The number of ether oxygens (including phenoxy) is 1. The summed E-state index contributed by atoms with van der Waals surface area (Å²) in [5.74, 6) is -2.06. The molecular formula is C18H13F2NO4. The second-order valence-electron chi connectivity index (χ2n) is 5.23. The van der Waals surface area contributed by atoms with Gasteiger partial charge in [-0.2, -0.15) is 0 Å². The van der Waals surface area contributed by atoms with Crippen LogP contribution >= 0.6 is 0 Å². The van der Waals surface area contributed by atoms with Gasteiger partial charge in [0.25, 0.3) is 5.91 Å². The van der Waals surface area contributed by atoms with Gasteiger partial charge in [-0.25, -0.2) is 13.6 Å². The molecule has 0 aliphatic carbocycles. The number of carbonyl (C=O) groups is 1. The molecule has 128 valence electrons. The molecule has 1 N–H and O–H groups in total. The standard InChI is InChI=1S/C18H13F2NO4/c1-24-11-5-6-12-10(7-11)8-16(25-18(12)23)17(22)21-9-13-14(19)3-2-4-15(13)20/h2-8H,9H2,1H3,(H,21,22). The number of amides is 1. The largest absolute Gasteiger partial charge is 0.497 e. The predicted molar refractivity (Wildman–Crippen MR) is 86.6 cm³/mol. The van der Waals surface area contributed by atoms with E-state index in [0.717, 1.165) is 12.1 Å². The average molecular weight is 345 g/mol. The summed E-state index contributed by atoms with van der Waals surface area (Å²) in [7, 11) is 1.48. The van der Waals surface area contributed by atoms with Gasteiger partial charge in [-0.1, -0.05) is 6.07 Å². The first-order chi connectivity index (χ1) is 12.0. The summed E-state index contributed by atoms with van der Waals surface area (Å²) in [6.45, 7) is -0.378. The minimum Gasteiger partial charge on any atom is -0.497 e. The smallest absolute Gasteiger partial charge is 0.344 e. The highest BCUT2D eigenvalue weighted by Crippen LogP contribution is 2.19. The maximum Gasteiger partial charge on any atom is 0.344 e. The lowest BCUT2D eigenvalue weighted by atomic mass is 10.1. The van der Waals surface area contributed by atoms with Crippen molar-refractivity contribution in [1.29, 1.82) is 0 Å². The molecule has 0 aliphatic heterocycles. The molecule has 0 unspecified atom stereocenters. The first kappa shape index (κ1) is 16.6. The molecule has 1 amide bonds. The van der Waals surface area contributed by atoms with Crippen LogP contribution in [-0.4, -0.2) is 13.0 Å². The van der Waals surface area contributed by atoms with E-state index in [1.54, 1.807) is 12.1 Å². The summed E-state index contributed by atoms with van der Waals surface area (Å²) < 4.78 is 37.2. The van der Waals surface area contributed by atoms with E-state index in [1.807, 2.05) is 0 Å². The van der Waals surface area contributed by atoms with Crippen LogP contribution in [0, 0.1) is 11.6 Å². The third kappa shape index (κ3) is 3.35. The van der Waals surface area contributed by atoms with E-state index in [2.05, 4.69) is 5.32 Å². The molecule has 3 aromatic rings. The minimum absolute atomic E-state index is 0.262. The molecule has 1 heterocycles. The van der Waals surface area contributed by atoms with Crippen LogP contribution in [0.15, 0.2) is 51.7 Å². The van der Waals surface area contributed by atoms with E-state index in [1.165, 1.54) is 25.3 Å². The van der Waals surface area contributed by atoms with Gasteiger partial charge in [0.1, 0.15) is 17.4 Å². The van der Waals surface area contributed by atoms with Crippen molar-refractivity contribution in [3.63, 3.8) is 0 Å². The number of rotatable bonds is 4. The van der Waals surface area contributed by atoms with Crippen molar-refractivity contribution >= 4 is 16.7 Å². The Morgan fingerprint density at radius 2 is 1.88 bits per heavy atom. The van der Waals surface area contributed by atoms with Crippen molar-refractivity contribution in [3.8, 4) is 5.75 Å². The minimum atomic E-state index is -0.773. The van der Waals surface area contributed by atoms with E-state index in [9.17, 15) is 18.4 Å². The van der Waals surface area contributed by atoms with Crippen molar-refractivity contribution in [1.82, 2.24) is 5.32 Å². The lowest BCUT2D eigenvalue weighted by molar-refractivity contribution is 0.0918. The van der Waals surface area contributed by atoms with Crippen LogP contribution in [0.1, 0.15) is 16.1 Å². The second kappa shape index (κ2) is 6.72. The maximum absolute atomic E-state index is 13.6. The van der Waals surface area contributed by atoms with Gasteiger partial charge in [0.05, 0.1) is 12.5 Å². The molecule has 0 atom stereocenters. The fourth-order valence-corrected chi connectivity index (χ4v) is 2.37. The average Bonchev–Trinajstić information content (AvgIpc) is 2.60. The summed E-state index contributed by atoms with van der Waals surface area (Å²) in [5, 5.41) is 3.08. The Morgan fingerprint density at radius 1 is 1.16 bits per heavy atom. The van der Waals surface area contributed by atoms with E-state index in [0.29, 0.717) is 11.1 Å². The van der Waals surface area contributed by atoms with Crippen LogP contribution < -0.4 is 15.7 Å². The Labute approximate surface area is 140 Å². The molecule has 2 aromatic carbocycles. The second-order valence-corrected chi connectivity index (χ2v) is 5.23. The zero-order chi connectivity index (χ0) is 18.0. The van der Waals surface area contributed by atoms with Crippen molar-refractivity contribution in [2.24, 2.45) is 0 Å². The fourth-order valence-electron chi connectivity index (χ4n) is 2.37. The number of fused-ring (bicyclic) bond motifs is 1. The molecular weight excluding hydrogens is 332 g/mol. The van der Waals surface area contributed by atoms with Crippen molar-refractivity contribution in [3.05, 3.63) is 75.8 Å². The highest BCUT2D eigenvalue weighted by atomic mass is 19.1. The van der Waals surface area contributed by atoms with E-state index < -0.39 is 23.2 Å². The quantitative estimate of drug-likeness (QED) is 0.789. The molecule has 0 fully saturated rings. The number of nitrogens with one attached hydrogen (secondary N) is 1. The molecule has 7 heteroatoms. The molecule has 0 saturated carbocycles. The van der Waals surface area contributed by atoms with E-state index in [-0.39, 0.29) is 23.3 Å². The Bertz CT molecular complexity index is 993. The lowest BCUT2D eigenvalue weighted by Gasteiger charge is -2.07. The molecule has 0 saturated heterocycles. The highest BCUT2D eigenvalue weighted by molar-refractivity contribution is 5.95. The van der Waals surface area contributed by atoms with Crippen LogP contribution in [0.5, 0.6) is 5.75 Å². The third-order valence-electron chi connectivity index (χ3n) is 3.68. The Morgan fingerprint density at radius 3 is 2.56 bits per heavy atom. The van der Waals surface area contributed by atoms with Gasteiger partial charge in [0, 0.05) is 12.1 Å². The van der Waals surface area contributed by atoms with E-state index in [4.69, 9.17) is 9.15 Å². The summed E-state index contributed by atoms with van der Waals surface area (Å²) in [6.07, 6.45) is 0. The fraction of sp³-hybridized carbons (Fsp3) is 0.111. The number of hydrogen-bond acceptors (Lipinski definition) is 4. The van der Waals surface area contributed by atoms with Gasteiger partial charge >= 0.3 is 5.63 Å². The highest BCUT2D eigenvalue weighted by Gasteiger charge is 2.15. The number of benzene rings is 2. The topological polar surface area (TPSA) is 68.5 Å². The van der Waals surface area contributed by atoms with Gasteiger partial charge in [0.15, 0.2) is 5.76 Å². The van der Waals surface area contributed by atoms with Crippen molar-refractivity contribution < 1.29 is 22.7 Å². The number of hydrogen-bond donors (Lipinski definition) is 1. The Kier molecular flexibility index (Phi) is 4.47. The van der Waals surface area contributed by atoms with Crippen molar-refractivity contribution in [2.45, 2.75) is 6.54 Å². The van der Waals surface area contributed by atoms with Gasteiger partial charge in [-0.15, -0.1) is 0 Å². The van der Waals surface area contributed by atoms with Crippen molar-refractivity contribution in [2.75, 3.05) is 7.11 Å². The SMILES string of the molecule is COc1ccc2c(=O)oc(C(=O)NCc3c(F)cccc3F)cc2c1. The molecule has 25 heavy (non-hydrogen) atoms. The van der Waals surface area contributed by atoms with Crippen LogP contribution in [0.4, 0.5) is 8.78 Å². The predicted octanol–water partition coefficient (Wildman–Crippen LogP) is 3.01. The van der Waals surface area contributed by atoms with Gasteiger partial charge in [-0.3, -0.25) is 4.79 Å². The maximum atomic E-state index is 13.6. The normalized spacial score (nSPS) is 10.7. The summed E-state index contributed by atoms with van der Waals surface area (Å²) in [4.78, 5) is 24.1. The molecule has 0 spiro atoms. The summed E-state index contributed by atoms with van der Waals surface area (Å²) in [5.41, 5.74) is -0.969. The van der Waals surface area contributed by atoms with Crippen LogP contribution in [-0.2, 0) is 6.54 Å². The first-order valence-corrected chi connectivity index (χ1v) is 7.32. The summed E-state index contributed by atoms with van der Waals surface area (Å²) >= 11 is 0. The summed E-state index contributed by atoms with van der Waals surface area (Å²) in [6, 6.07) is 9.48. The van der Waals surface area contributed by atoms with Crippen LogP contribution in [0.2, 0.25) is 0 Å². The van der Waals surface area contributed by atoms with Gasteiger partial charge in [-0.05, 0) is 41.8 Å². The molecule has 0 aliphatic rings. The molecule has 3 rings (SSSR count). The Hall–Kier alpha value is -3.22.